The average Bonchev–Trinajstić information content (AvgIpc) is 3.43. The number of carbonyl (C=O) groups excluding carboxylic acids is 1. The van der Waals surface area contributed by atoms with E-state index in [0.717, 1.165) is 80.1 Å². The molecule has 1 aliphatic heterocycles. The first-order valence-electron chi connectivity index (χ1n) is 13.7. The summed E-state index contributed by atoms with van der Waals surface area (Å²) in [5.74, 6) is 0.527. The largest absolute Gasteiger partial charge is 0.494 e. The number of benzene rings is 2. The molecular formula is C31H36ClN3O4. The van der Waals surface area contributed by atoms with Crippen molar-refractivity contribution < 1.29 is 19.0 Å². The van der Waals surface area contributed by atoms with Gasteiger partial charge in [0.25, 0.3) is 0 Å². The summed E-state index contributed by atoms with van der Waals surface area (Å²) in [6.07, 6.45) is 3.23. The molecule has 0 unspecified atom stereocenters. The van der Waals surface area contributed by atoms with Crippen LogP contribution in [-0.4, -0.2) is 40.6 Å². The van der Waals surface area contributed by atoms with Crippen molar-refractivity contribution in [3.8, 4) is 16.9 Å². The second-order valence-electron chi connectivity index (χ2n) is 10.2. The van der Waals surface area contributed by atoms with Crippen LogP contribution in [0.2, 0.25) is 5.02 Å². The van der Waals surface area contributed by atoms with Crippen LogP contribution in [0.3, 0.4) is 0 Å². The van der Waals surface area contributed by atoms with Crippen molar-refractivity contribution in [2.45, 2.75) is 66.5 Å². The number of halogens is 1. The highest BCUT2D eigenvalue weighted by atomic mass is 35.5. The normalized spacial score (nSPS) is 13.7. The minimum Gasteiger partial charge on any atom is -0.494 e. The Morgan fingerprint density at radius 2 is 1.97 bits per heavy atom. The van der Waals surface area contributed by atoms with Gasteiger partial charge in [0.05, 0.1) is 31.0 Å². The molecule has 0 fully saturated rings. The fourth-order valence-corrected chi connectivity index (χ4v) is 5.71. The summed E-state index contributed by atoms with van der Waals surface area (Å²) in [7, 11) is 0. The van der Waals surface area contributed by atoms with E-state index >= 15 is 0 Å². The summed E-state index contributed by atoms with van der Waals surface area (Å²) in [5.41, 5.74) is 8.66. The third kappa shape index (κ3) is 5.43. The Morgan fingerprint density at radius 1 is 1.18 bits per heavy atom. The molecule has 0 saturated heterocycles. The fourth-order valence-electron chi connectivity index (χ4n) is 5.60. The number of aryl methyl sites for hydroxylation is 5. The molecular weight excluding hydrogens is 514 g/mol. The lowest BCUT2D eigenvalue weighted by Gasteiger charge is -2.13. The summed E-state index contributed by atoms with van der Waals surface area (Å²) in [5, 5.41) is 9.53. The van der Waals surface area contributed by atoms with E-state index in [0.29, 0.717) is 45.1 Å². The van der Waals surface area contributed by atoms with Crippen molar-refractivity contribution in [1.82, 2.24) is 14.8 Å². The first kappa shape index (κ1) is 27.3. The Balaban J connectivity index is 1.56. The molecule has 39 heavy (non-hydrogen) atoms. The monoisotopic (exact) mass is 549 g/mol. The zero-order chi connectivity index (χ0) is 27.5. The Kier molecular flexibility index (Phi) is 8.29. The molecule has 2 aromatic carbocycles. The Labute approximate surface area is 234 Å². The van der Waals surface area contributed by atoms with Crippen LogP contribution in [-0.2, 0) is 29.0 Å². The van der Waals surface area contributed by atoms with Gasteiger partial charge in [-0.15, -0.1) is 0 Å². The molecule has 4 aromatic rings. The molecule has 1 N–H and O–H groups in total. The van der Waals surface area contributed by atoms with Crippen molar-refractivity contribution in [3.63, 3.8) is 0 Å². The van der Waals surface area contributed by atoms with E-state index in [1.165, 1.54) is 0 Å². The number of hydrogen-bond donors (Lipinski definition) is 1. The number of nitrogens with one attached hydrogen (secondary N) is 1. The first-order chi connectivity index (χ1) is 18.9. The van der Waals surface area contributed by atoms with E-state index in [4.69, 9.17) is 25.8 Å². The lowest BCUT2D eigenvalue weighted by atomic mass is 9.98. The zero-order valence-electron chi connectivity index (χ0n) is 23.2. The molecule has 3 heterocycles. The molecule has 0 saturated carbocycles. The van der Waals surface area contributed by atoms with Gasteiger partial charge < -0.3 is 18.8 Å². The van der Waals surface area contributed by atoms with Crippen LogP contribution < -0.4 is 4.74 Å². The second kappa shape index (κ2) is 11.8. The van der Waals surface area contributed by atoms with Crippen LogP contribution in [0, 0.1) is 20.8 Å². The van der Waals surface area contributed by atoms with Crippen LogP contribution in [0.5, 0.6) is 5.75 Å². The molecule has 206 valence electrons. The first-order valence-corrected chi connectivity index (χ1v) is 14.1. The Bertz CT molecular complexity index is 1480. The van der Waals surface area contributed by atoms with E-state index in [1.54, 1.807) is 0 Å². The molecule has 0 amide bonds. The minimum atomic E-state index is -0.283. The van der Waals surface area contributed by atoms with Gasteiger partial charge in [0.2, 0.25) is 0 Å². The molecule has 0 aliphatic carbocycles. The average molecular weight is 550 g/mol. The van der Waals surface area contributed by atoms with Crippen LogP contribution >= 0.6 is 11.6 Å². The number of aromatic amines is 1. The molecule has 2 aromatic heterocycles. The number of carbonyl (C=O) groups is 1. The number of aromatic nitrogens is 3. The number of esters is 1. The number of hydrogen-bond acceptors (Lipinski definition) is 5. The number of rotatable bonds is 7. The van der Waals surface area contributed by atoms with E-state index < -0.39 is 0 Å². The Hall–Kier alpha value is -3.29. The van der Waals surface area contributed by atoms with Gasteiger partial charge in [0, 0.05) is 40.4 Å². The molecule has 0 bridgehead atoms. The highest BCUT2D eigenvalue weighted by Crippen LogP contribution is 2.38. The van der Waals surface area contributed by atoms with Gasteiger partial charge in [0.15, 0.2) is 0 Å². The topological polar surface area (TPSA) is 78.4 Å². The molecule has 0 spiro atoms. The van der Waals surface area contributed by atoms with Gasteiger partial charge in [-0.1, -0.05) is 29.8 Å². The number of nitrogens with zero attached hydrogens (tertiary/aromatic N) is 2. The van der Waals surface area contributed by atoms with Crippen LogP contribution in [0.25, 0.3) is 22.0 Å². The lowest BCUT2D eigenvalue weighted by molar-refractivity contribution is 0.0512. The molecule has 7 nitrogen and oxygen atoms in total. The summed E-state index contributed by atoms with van der Waals surface area (Å²) >= 11 is 6.33. The van der Waals surface area contributed by atoms with Gasteiger partial charge in [-0.25, -0.2) is 4.79 Å². The number of H-pyrrole nitrogens is 1. The quantitative estimate of drug-likeness (QED) is 0.196. The van der Waals surface area contributed by atoms with Crippen LogP contribution in [0.15, 0.2) is 30.3 Å². The molecule has 8 heteroatoms. The van der Waals surface area contributed by atoms with Gasteiger partial charge in [-0.3, -0.25) is 5.10 Å². The maximum atomic E-state index is 13.5. The van der Waals surface area contributed by atoms with Crippen LogP contribution in [0.1, 0.15) is 64.8 Å². The standard InChI is InChI=1S/C31H36ClN3O4/c1-5-38-31(36)30-24(12-9-15-39-22-16-19(2)28(32)20(3)17-22)23-10-8-11-25-27-21(4)33-34-26(27)18-37-14-7-6-13-35(30)29(23)25/h8,10-11,16-17H,5-7,9,12-15,18H2,1-4H3,(H,33,34). The highest BCUT2D eigenvalue weighted by molar-refractivity contribution is 6.32. The third-order valence-electron chi connectivity index (χ3n) is 7.36. The summed E-state index contributed by atoms with van der Waals surface area (Å²) in [6.45, 7) is 10.5. The Morgan fingerprint density at radius 3 is 2.74 bits per heavy atom. The molecule has 0 atom stereocenters. The number of para-hydroxylation sites is 1. The summed E-state index contributed by atoms with van der Waals surface area (Å²) < 4.78 is 19.8. The number of fused-ring (bicyclic) bond motifs is 2. The van der Waals surface area contributed by atoms with E-state index in [-0.39, 0.29) is 5.97 Å². The SMILES string of the molecule is CCOC(=O)c1c(CCCOc2cc(C)c(Cl)c(C)c2)c2cccc3c2n1CCCCOCc1n[nH]c(C)c1-3. The van der Waals surface area contributed by atoms with Crippen LogP contribution in [0.4, 0.5) is 0 Å². The molecule has 5 rings (SSSR count). The van der Waals surface area contributed by atoms with Crippen molar-refractivity contribution in [1.29, 1.82) is 0 Å². The van der Waals surface area contributed by atoms with Crippen molar-refractivity contribution in [3.05, 3.63) is 69.1 Å². The maximum Gasteiger partial charge on any atom is 0.355 e. The summed E-state index contributed by atoms with van der Waals surface area (Å²) in [6, 6.07) is 10.2. The third-order valence-corrected chi connectivity index (χ3v) is 7.95. The zero-order valence-corrected chi connectivity index (χ0v) is 23.9. The molecule has 0 radical (unpaired) electrons. The van der Waals surface area contributed by atoms with Gasteiger partial charge in [-0.2, -0.15) is 5.10 Å². The van der Waals surface area contributed by atoms with E-state index in [1.807, 2.05) is 39.8 Å². The van der Waals surface area contributed by atoms with E-state index in [9.17, 15) is 4.79 Å². The minimum absolute atomic E-state index is 0.283. The summed E-state index contributed by atoms with van der Waals surface area (Å²) in [4.78, 5) is 13.5. The fraction of sp³-hybridized carbons (Fsp3) is 0.419. The predicted octanol–water partition coefficient (Wildman–Crippen LogP) is 7.11. The highest BCUT2D eigenvalue weighted by Gasteiger charge is 2.27. The van der Waals surface area contributed by atoms with Gasteiger partial charge in [-0.05, 0) is 82.2 Å². The predicted molar refractivity (Wildman–Crippen MR) is 154 cm³/mol. The maximum absolute atomic E-state index is 13.5. The lowest BCUT2D eigenvalue weighted by Crippen LogP contribution is -2.15. The van der Waals surface area contributed by atoms with Gasteiger partial charge in [0.1, 0.15) is 11.4 Å². The smallest absolute Gasteiger partial charge is 0.355 e. The van der Waals surface area contributed by atoms with Crippen molar-refractivity contribution in [2.75, 3.05) is 19.8 Å². The van der Waals surface area contributed by atoms with Crippen molar-refractivity contribution in [2.24, 2.45) is 0 Å². The van der Waals surface area contributed by atoms with E-state index in [2.05, 4.69) is 33.0 Å². The van der Waals surface area contributed by atoms with Crippen molar-refractivity contribution >= 4 is 28.5 Å². The molecule has 1 aliphatic rings. The second-order valence-corrected chi connectivity index (χ2v) is 10.5. The number of ether oxygens (including phenoxy) is 3. The van der Waals surface area contributed by atoms with Gasteiger partial charge >= 0.3 is 5.97 Å².